The molecule has 3 heterocycles. The molecule has 2 amide bonds. The molecule has 6 nitrogen and oxygen atoms in total. The van der Waals surface area contributed by atoms with Gasteiger partial charge in [-0.05, 0) is 49.2 Å². The van der Waals surface area contributed by atoms with Crippen molar-refractivity contribution in [1.82, 2.24) is 14.8 Å². The van der Waals surface area contributed by atoms with Gasteiger partial charge in [0.15, 0.2) is 0 Å². The van der Waals surface area contributed by atoms with Crippen molar-refractivity contribution in [3.63, 3.8) is 0 Å². The number of rotatable bonds is 3. The number of anilines is 1. The number of hydrogen-bond donors (Lipinski definition) is 0. The summed E-state index contributed by atoms with van der Waals surface area (Å²) in [6, 6.07) is 15.8. The zero-order chi connectivity index (χ0) is 22.8. The minimum absolute atomic E-state index is 0.130. The van der Waals surface area contributed by atoms with E-state index in [1.807, 2.05) is 35.4 Å². The normalized spacial score (nSPS) is 19.1. The van der Waals surface area contributed by atoms with E-state index in [1.54, 1.807) is 4.90 Å². The van der Waals surface area contributed by atoms with Crippen molar-refractivity contribution >= 4 is 28.4 Å². The average molecular weight is 447 g/mol. The maximum atomic E-state index is 13.3. The highest BCUT2D eigenvalue weighted by Crippen LogP contribution is 2.27. The van der Waals surface area contributed by atoms with E-state index in [0.717, 1.165) is 42.5 Å². The molecular weight excluding hydrogens is 419 g/mol. The maximum absolute atomic E-state index is 13.3. The van der Waals surface area contributed by atoms with Gasteiger partial charge in [-0.15, -0.1) is 0 Å². The summed E-state index contributed by atoms with van der Waals surface area (Å²) in [7, 11) is 0. The average Bonchev–Trinajstić information content (AvgIpc) is 2.88. The lowest BCUT2D eigenvalue weighted by atomic mass is 9.95. The highest BCUT2D eigenvalue weighted by molar-refractivity contribution is 5.95. The van der Waals surface area contributed by atoms with Gasteiger partial charge in [-0.25, -0.2) is 4.39 Å². The molecule has 0 bridgehead atoms. The second-order valence-electron chi connectivity index (χ2n) is 8.76. The number of fused-ring (bicyclic) bond motifs is 1. The molecule has 2 aliphatic heterocycles. The Balaban J connectivity index is 1.21. The fourth-order valence-electron chi connectivity index (χ4n) is 4.92. The molecule has 170 valence electrons. The minimum atomic E-state index is -0.364. The number of benzene rings is 2. The summed E-state index contributed by atoms with van der Waals surface area (Å²) in [5, 5.41) is 1.13. The van der Waals surface area contributed by atoms with Gasteiger partial charge in [0, 0.05) is 62.1 Å². The van der Waals surface area contributed by atoms with Crippen LogP contribution in [0.5, 0.6) is 0 Å². The van der Waals surface area contributed by atoms with Gasteiger partial charge in [-0.2, -0.15) is 0 Å². The predicted molar refractivity (Wildman–Crippen MR) is 126 cm³/mol. The standard InChI is InChI=1S/C26H27FN4O2/c27-21-9-7-19(8-10-21)25(32)31-13-3-4-20(18-31)26(33)30-16-14-29(15-17-30)24-11-12-28-23-6-2-1-5-22(23)24/h1-2,5-12,20H,3-4,13-18H2. The van der Waals surface area contributed by atoms with E-state index in [-0.39, 0.29) is 23.5 Å². The molecule has 1 aromatic heterocycles. The van der Waals surface area contributed by atoms with Gasteiger partial charge in [-0.3, -0.25) is 14.6 Å². The van der Waals surface area contributed by atoms with Crippen LogP contribution in [0.15, 0.2) is 60.8 Å². The second kappa shape index (κ2) is 9.17. The molecule has 2 saturated heterocycles. The fourth-order valence-corrected chi connectivity index (χ4v) is 4.92. The number of carbonyl (C=O) groups is 2. The SMILES string of the molecule is O=C(c1ccc(F)cc1)N1CCCC(C(=O)N2CCN(c3ccnc4ccccc34)CC2)C1. The van der Waals surface area contributed by atoms with Crippen molar-refractivity contribution in [2.45, 2.75) is 12.8 Å². The number of amides is 2. The highest BCUT2D eigenvalue weighted by Gasteiger charge is 2.33. The number of hydrogen-bond acceptors (Lipinski definition) is 4. The molecule has 33 heavy (non-hydrogen) atoms. The van der Waals surface area contributed by atoms with Gasteiger partial charge in [0.1, 0.15) is 5.82 Å². The number of carbonyl (C=O) groups excluding carboxylic acids is 2. The molecule has 0 N–H and O–H groups in total. The molecule has 7 heteroatoms. The summed E-state index contributed by atoms with van der Waals surface area (Å²) in [6.45, 7) is 3.91. The summed E-state index contributed by atoms with van der Waals surface area (Å²) < 4.78 is 13.2. The van der Waals surface area contributed by atoms with Gasteiger partial charge in [0.25, 0.3) is 5.91 Å². The number of para-hydroxylation sites is 1. The number of aromatic nitrogens is 1. The Morgan fingerprint density at radius 1 is 0.879 bits per heavy atom. The van der Waals surface area contributed by atoms with Crippen LogP contribution in [0.25, 0.3) is 10.9 Å². The first kappa shape index (κ1) is 21.4. The molecule has 1 unspecified atom stereocenters. The highest BCUT2D eigenvalue weighted by atomic mass is 19.1. The van der Waals surface area contributed by atoms with Gasteiger partial charge >= 0.3 is 0 Å². The van der Waals surface area contributed by atoms with E-state index in [2.05, 4.69) is 16.0 Å². The van der Waals surface area contributed by atoms with Crippen molar-refractivity contribution in [3.05, 3.63) is 72.2 Å². The van der Waals surface area contributed by atoms with Crippen LogP contribution in [-0.4, -0.2) is 65.9 Å². The van der Waals surface area contributed by atoms with Crippen molar-refractivity contribution in [3.8, 4) is 0 Å². The van der Waals surface area contributed by atoms with Crippen LogP contribution in [0.2, 0.25) is 0 Å². The molecule has 2 aromatic carbocycles. The van der Waals surface area contributed by atoms with Crippen LogP contribution in [0.4, 0.5) is 10.1 Å². The quantitative estimate of drug-likeness (QED) is 0.617. The zero-order valence-corrected chi connectivity index (χ0v) is 18.5. The minimum Gasteiger partial charge on any atom is -0.367 e. The van der Waals surface area contributed by atoms with Crippen LogP contribution in [-0.2, 0) is 4.79 Å². The zero-order valence-electron chi connectivity index (χ0n) is 18.5. The van der Waals surface area contributed by atoms with Crippen LogP contribution in [0.1, 0.15) is 23.2 Å². The van der Waals surface area contributed by atoms with Crippen molar-refractivity contribution < 1.29 is 14.0 Å². The van der Waals surface area contributed by atoms with E-state index >= 15 is 0 Å². The summed E-state index contributed by atoms with van der Waals surface area (Å²) in [5.41, 5.74) is 2.59. The molecule has 2 fully saturated rings. The number of nitrogens with zero attached hydrogens (tertiary/aromatic N) is 4. The second-order valence-corrected chi connectivity index (χ2v) is 8.76. The Kier molecular flexibility index (Phi) is 5.94. The van der Waals surface area contributed by atoms with Crippen LogP contribution < -0.4 is 4.90 Å². The Labute approximate surface area is 192 Å². The molecular formula is C26H27FN4O2. The molecule has 0 radical (unpaired) electrons. The first-order valence-corrected chi connectivity index (χ1v) is 11.5. The van der Waals surface area contributed by atoms with Gasteiger partial charge in [-0.1, -0.05) is 18.2 Å². The Morgan fingerprint density at radius 2 is 1.64 bits per heavy atom. The number of piperidine rings is 1. The van der Waals surface area contributed by atoms with Crippen molar-refractivity contribution in [1.29, 1.82) is 0 Å². The molecule has 1 atom stereocenters. The smallest absolute Gasteiger partial charge is 0.253 e. The number of piperazine rings is 1. The Hall–Kier alpha value is -3.48. The summed E-state index contributed by atoms with van der Waals surface area (Å²) in [4.78, 5) is 36.5. The summed E-state index contributed by atoms with van der Waals surface area (Å²) in [5.74, 6) is -0.554. The maximum Gasteiger partial charge on any atom is 0.253 e. The van der Waals surface area contributed by atoms with Crippen molar-refractivity contribution in [2.24, 2.45) is 5.92 Å². The third-order valence-corrected chi connectivity index (χ3v) is 6.71. The molecule has 2 aliphatic rings. The van der Waals surface area contributed by atoms with Gasteiger partial charge in [0.05, 0.1) is 11.4 Å². The number of likely N-dealkylation sites (tertiary alicyclic amines) is 1. The number of pyridine rings is 1. The van der Waals surface area contributed by atoms with Gasteiger partial charge < -0.3 is 14.7 Å². The topological polar surface area (TPSA) is 56.8 Å². The van der Waals surface area contributed by atoms with E-state index in [9.17, 15) is 14.0 Å². The lowest BCUT2D eigenvalue weighted by molar-refractivity contribution is -0.137. The lowest BCUT2D eigenvalue weighted by Gasteiger charge is -2.40. The largest absolute Gasteiger partial charge is 0.367 e. The lowest BCUT2D eigenvalue weighted by Crippen LogP contribution is -2.53. The van der Waals surface area contributed by atoms with E-state index < -0.39 is 0 Å². The third kappa shape index (κ3) is 4.40. The predicted octanol–water partition coefficient (Wildman–Crippen LogP) is 3.57. The van der Waals surface area contributed by atoms with E-state index in [0.29, 0.717) is 31.7 Å². The van der Waals surface area contributed by atoms with Crippen LogP contribution in [0.3, 0.4) is 0 Å². The first-order valence-electron chi connectivity index (χ1n) is 11.5. The summed E-state index contributed by atoms with van der Waals surface area (Å²) >= 11 is 0. The first-order chi connectivity index (χ1) is 16.1. The van der Waals surface area contributed by atoms with E-state index in [4.69, 9.17) is 0 Å². The third-order valence-electron chi connectivity index (χ3n) is 6.71. The molecule has 0 aliphatic carbocycles. The van der Waals surface area contributed by atoms with Crippen LogP contribution >= 0.6 is 0 Å². The van der Waals surface area contributed by atoms with Crippen LogP contribution in [0, 0.1) is 11.7 Å². The Bertz CT molecular complexity index is 1150. The number of halogens is 1. The van der Waals surface area contributed by atoms with Crippen molar-refractivity contribution in [2.75, 3.05) is 44.2 Å². The van der Waals surface area contributed by atoms with E-state index in [1.165, 1.54) is 24.3 Å². The monoisotopic (exact) mass is 446 g/mol. The Morgan fingerprint density at radius 3 is 2.42 bits per heavy atom. The molecule has 5 rings (SSSR count). The molecule has 0 saturated carbocycles. The fraction of sp³-hybridized carbons (Fsp3) is 0.346. The van der Waals surface area contributed by atoms with Gasteiger partial charge in [0.2, 0.25) is 5.91 Å². The molecule has 0 spiro atoms. The summed E-state index contributed by atoms with van der Waals surface area (Å²) in [6.07, 6.45) is 3.43. The molecule has 3 aromatic rings.